The summed E-state index contributed by atoms with van der Waals surface area (Å²) in [5.74, 6) is 1.39. The molecule has 8 rings (SSSR count). The minimum Gasteiger partial charge on any atom is -0.390 e. The molecule has 5 aliphatic carbocycles. The van der Waals surface area contributed by atoms with Crippen LogP contribution in [0.3, 0.4) is 0 Å². The maximum Gasteiger partial charge on any atom is 0.209 e. The summed E-state index contributed by atoms with van der Waals surface area (Å²) in [7, 11) is -3.59. The molecule has 0 aromatic carbocycles. The van der Waals surface area contributed by atoms with Crippen molar-refractivity contribution >= 4 is 10.0 Å². The Labute approximate surface area is 294 Å². The summed E-state index contributed by atoms with van der Waals surface area (Å²) in [5, 5.41) is 23.7. The summed E-state index contributed by atoms with van der Waals surface area (Å²) in [5.41, 5.74) is -1.16. The number of fused-ring (bicyclic) bond motifs is 4. The Morgan fingerprint density at radius 3 is 2.37 bits per heavy atom. The Hall–Kier alpha value is -0.370. The second kappa shape index (κ2) is 11.3. The van der Waals surface area contributed by atoms with E-state index in [2.05, 4.69) is 44.2 Å². The van der Waals surface area contributed by atoms with Crippen molar-refractivity contribution in [2.45, 2.75) is 148 Å². The van der Waals surface area contributed by atoms with Gasteiger partial charge in [0, 0.05) is 12.0 Å². The van der Waals surface area contributed by atoms with Crippen molar-refractivity contribution in [3.63, 3.8) is 0 Å². The highest BCUT2D eigenvalue weighted by Gasteiger charge is 2.84. The van der Waals surface area contributed by atoms with Gasteiger partial charge in [-0.2, -0.15) is 0 Å². The van der Waals surface area contributed by atoms with Crippen molar-refractivity contribution in [2.75, 3.05) is 39.2 Å². The topological polar surface area (TPSA) is 127 Å². The largest absolute Gasteiger partial charge is 0.390 e. The Balaban J connectivity index is 1.03. The van der Waals surface area contributed by atoms with Crippen LogP contribution in [0, 0.1) is 50.7 Å². The van der Waals surface area contributed by atoms with Crippen molar-refractivity contribution in [3.8, 4) is 0 Å². The van der Waals surface area contributed by atoms with Gasteiger partial charge in [0.2, 0.25) is 10.0 Å². The lowest BCUT2D eigenvalue weighted by atomic mass is 9.41. The van der Waals surface area contributed by atoms with Crippen LogP contribution in [0.2, 0.25) is 0 Å². The average Bonchev–Trinajstić information content (AvgIpc) is 3.60. The molecule has 3 saturated heterocycles. The number of aliphatic hydroxyl groups excluding tert-OH is 1. The fraction of sp³-hybridized carbons (Fsp3) is 1.00. The molecule has 8 aliphatic rings. The van der Waals surface area contributed by atoms with Gasteiger partial charge in [0.1, 0.15) is 0 Å². The van der Waals surface area contributed by atoms with Crippen LogP contribution >= 0.6 is 0 Å². The molecule has 0 amide bonds. The van der Waals surface area contributed by atoms with Crippen molar-refractivity contribution in [3.05, 3.63) is 0 Å². The second-order valence-corrected chi connectivity index (χ2v) is 21.5. The lowest BCUT2D eigenvalue weighted by Crippen LogP contribution is -2.61. The van der Waals surface area contributed by atoms with Gasteiger partial charge in [0.15, 0.2) is 6.29 Å². The number of sulfonamides is 1. The zero-order valence-electron chi connectivity index (χ0n) is 31.2. The molecule has 0 radical (unpaired) electrons. The molecule has 3 heterocycles. The lowest BCUT2D eigenvalue weighted by molar-refractivity contribution is -0.256. The molecular formula is C38H64N2O8S. The number of rotatable bonds is 7. The highest BCUT2D eigenvalue weighted by atomic mass is 32.2. The Morgan fingerprint density at radius 1 is 1.02 bits per heavy atom. The van der Waals surface area contributed by atoms with Gasteiger partial charge in [-0.25, -0.2) is 13.1 Å². The predicted octanol–water partition coefficient (Wildman–Crippen LogP) is 3.93. The summed E-state index contributed by atoms with van der Waals surface area (Å²) < 4.78 is 52.9. The summed E-state index contributed by atoms with van der Waals surface area (Å²) in [6.45, 7) is 19.4. The smallest absolute Gasteiger partial charge is 0.209 e. The average molecular weight is 709 g/mol. The second-order valence-electron chi connectivity index (χ2n) is 19.7. The Morgan fingerprint density at radius 2 is 1.71 bits per heavy atom. The molecule has 280 valence electrons. The third-order valence-electron chi connectivity index (χ3n) is 16.8. The van der Waals surface area contributed by atoms with E-state index in [0.717, 1.165) is 58.2 Å². The number of hydrogen-bond acceptors (Lipinski definition) is 9. The van der Waals surface area contributed by atoms with Crippen LogP contribution < -0.4 is 4.72 Å². The minimum atomic E-state index is -3.59. The molecule has 5 saturated carbocycles. The van der Waals surface area contributed by atoms with E-state index in [1.165, 1.54) is 19.3 Å². The van der Waals surface area contributed by atoms with Gasteiger partial charge in [-0.1, -0.05) is 34.6 Å². The van der Waals surface area contributed by atoms with E-state index in [4.69, 9.17) is 18.9 Å². The first kappa shape index (κ1) is 35.6. The van der Waals surface area contributed by atoms with E-state index >= 15 is 0 Å². The molecule has 0 bridgehead atoms. The fourth-order valence-electron chi connectivity index (χ4n) is 14.3. The quantitative estimate of drug-likeness (QED) is 0.361. The molecule has 0 aromatic heterocycles. The highest BCUT2D eigenvalue weighted by molar-refractivity contribution is 7.88. The number of morpholine rings is 1. The van der Waals surface area contributed by atoms with E-state index in [-0.39, 0.29) is 52.0 Å². The Kier molecular flexibility index (Phi) is 8.24. The lowest BCUT2D eigenvalue weighted by Gasteiger charge is -2.64. The van der Waals surface area contributed by atoms with Crippen LogP contribution in [-0.4, -0.2) is 111 Å². The minimum absolute atomic E-state index is 0.0332. The van der Waals surface area contributed by atoms with E-state index in [1.54, 1.807) is 13.8 Å². The van der Waals surface area contributed by atoms with Crippen molar-refractivity contribution in [1.82, 2.24) is 9.62 Å². The van der Waals surface area contributed by atoms with Crippen LogP contribution in [0.25, 0.3) is 0 Å². The van der Waals surface area contributed by atoms with E-state index < -0.39 is 33.9 Å². The van der Waals surface area contributed by atoms with Crippen molar-refractivity contribution < 1.29 is 37.6 Å². The van der Waals surface area contributed by atoms with Crippen LogP contribution in [0.4, 0.5) is 0 Å². The van der Waals surface area contributed by atoms with Gasteiger partial charge in [0.05, 0.1) is 74.7 Å². The molecule has 8 fully saturated rings. The van der Waals surface area contributed by atoms with Crippen molar-refractivity contribution in [2.24, 2.45) is 50.7 Å². The highest BCUT2D eigenvalue weighted by Crippen LogP contribution is 2.89. The first-order valence-corrected chi connectivity index (χ1v) is 21.3. The van der Waals surface area contributed by atoms with Gasteiger partial charge >= 0.3 is 0 Å². The molecule has 10 nitrogen and oxygen atoms in total. The van der Waals surface area contributed by atoms with Gasteiger partial charge in [-0.15, -0.1) is 0 Å². The predicted molar refractivity (Wildman–Crippen MR) is 185 cm³/mol. The number of nitrogens with one attached hydrogen (secondary N) is 1. The standard InChI is InChI=1S/C38H64N2O8S/c1-22-17-24(31(34(4,5)42)39-49(8,43)44)47-30-29(22)35(6)13-14-38-21-37(38)12-11-27(48-28-18-40(15-16-46-28)23-19-45-20-23)33(2,3)25(37)9-10-26(38)36(35,7)32(30)41/h22-32,39,41-42H,9-21H2,1-8H3/t22-,24-,25+,26+,27?,28+,29+,30+,31+,32+,35-,36-,37?,38+/m1/s1. The third-order valence-corrected chi connectivity index (χ3v) is 17.4. The van der Waals surface area contributed by atoms with Crippen molar-refractivity contribution in [1.29, 1.82) is 0 Å². The van der Waals surface area contributed by atoms with Gasteiger partial charge in [-0.05, 0) is 111 Å². The van der Waals surface area contributed by atoms with Gasteiger partial charge in [-0.3, -0.25) is 4.90 Å². The molecule has 11 heteroatoms. The van der Waals surface area contributed by atoms with Crippen LogP contribution in [0.15, 0.2) is 0 Å². The number of ether oxygens (including phenoxy) is 4. The third kappa shape index (κ3) is 5.01. The monoisotopic (exact) mass is 708 g/mol. The first-order valence-electron chi connectivity index (χ1n) is 19.4. The molecule has 2 unspecified atom stereocenters. The van der Waals surface area contributed by atoms with Crippen LogP contribution in [0.5, 0.6) is 0 Å². The van der Waals surface area contributed by atoms with Crippen LogP contribution in [-0.2, 0) is 29.0 Å². The first-order chi connectivity index (χ1) is 22.8. The summed E-state index contributed by atoms with van der Waals surface area (Å²) in [6.07, 6.45) is 8.25. The normalized spacial score (nSPS) is 51.8. The molecule has 14 atom stereocenters. The van der Waals surface area contributed by atoms with Gasteiger partial charge < -0.3 is 29.2 Å². The zero-order valence-corrected chi connectivity index (χ0v) is 32.1. The van der Waals surface area contributed by atoms with Gasteiger partial charge in [0.25, 0.3) is 0 Å². The number of hydrogen-bond donors (Lipinski definition) is 3. The maximum atomic E-state index is 12.6. The Bertz CT molecular complexity index is 1420. The molecule has 3 aliphatic heterocycles. The molecule has 49 heavy (non-hydrogen) atoms. The molecule has 0 aromatic rings. The van der Waals surface area contributed by atoms with E-state index in [0.29, 0.717) is 36.3 Å². The summed E-state index contributed by atoms with van der Waals surface area (Å²) in [4.78, 5) is 2.49. The summed E-state index contributed by atoms with van der Waals surface area (Å²) in [6, 6.07) is -0.303. The molecular weight excluding hydrogens is 644 g/mol. The maximum absolute atomic E-state index is 12.6. The summed E-state index contributed by atoms with van der Waals surface area (Å²) >= 11 is 0. The molecule has 2 spiro atoms. The fourth-order valence-corrected chi connectivity index (χ4v) is 15.2. The molecule has 3 N–H and O–H groups in total. The number of aliphatic hydroxyl groups is 2. The van der Waals surface area contributed by atoms with Crippen LogP contribution in [0.1, 0.15) is 99.8 Å². The van der Waals surface area contributed by atoms with E-state index in [1.807, 2.05) is 0 Å². The SMILES string of the molecule is C[C@@H]1C[C@H]([C@H](NS(C)(=O)=O)C(C)(C)O)O[C@H]2[C@H]1[C@@]1(C)CC[C@@]34CC35CCC(O[C@H]3CN(C6COC6)CCO3)C(C)(C)[C@@H]5CC[C@H]4[C@]1(C)[C@H]2O. The van der Waals surface area contributed by atoms with E-state index in [9.17, 15) is 18.6 Å². The zero-order chi connectivity index (χ0) is 35.2. The number of nitrogens with zero attached hydrogens (tertiary/aromatic N) is 1.